The fourth-order valence-corrected chi connectivity index (χ4v) is 4.30. The van der Waals surface area contributed by atoms with Gasteiger partial charge >= 0.3 is 0 Å². The number of rotatable bonds is 9. The second-order valence-electron chi connectivity index (χ2n) is 8.85. The van der Waals surface area contributed by atoms with E-state index in [-0.39, 0.29) is 23.6 Å². The summed E-state index contributed by atoms with van der Waals surface area (Å²) < 4.78 is 13.6. The maximum absolute atomic E-state index is 13.6. The van der Waals surface area contributed by atoms with Crippen LogP contribution in [0.25, 0.3) is 0 Å². The van der Waals surface area contributed by atoms with E-state index in [0.29, 0.717) is 16.9 Å². The molecule has 1 aliphatic rings. The van der Waals surface area contributed by atoms with Crippen molar-refractivity contribution in [1.29, 1.82) is 0 Å². The zero-order valence-electron chi connectivity index (χ0n) is 20.7. The average molecular weight is 547 g/mol. The lowest BCUT2D eigenvalue weighted by Gasteiger charge is -2.36. The smallest absolute Gasteiger partial charge is 0.269 e. The zero-order chi connectivity index (χ0) is 28.3. The SMILES string of the molecule is O=[N+]([O-])c1ccc(NO[C@@]2(c3ccccc3)CN(c3ccc([N+](=O)[O-])cc3)O[C@@H]2N(O)c2ccc(F)cc2)cc1. The summed E-state index contributed by atoms with van der Waals surface area (Å²) in [5.41, 5.74) is 2.76. The number of non-ortho nitro benzene ring substituents is 2. The number of nitrogens with zero attached hydrogens (tertiary/aromatic N) is 4. The highest BCUT2D eigenvalue weighted by molar-refractivity contribution is 5.53. The van der Waals surface area contributed by atoms with Gasteiger partial charge in [0.05, 0.1) is 33.5 Å². The largest absolute Gasteiger partial charge is 0.286 e. The summed E-state index contributed by atoms with van der Waals surface area (Å²) in [5.74, 6) is -0.498. The van der Waals surface area contributed by atoms with Crippen molar-refractivity contribution in [3.8, 4) is 0 Å². The van der Waals surface area contributed by atoms with Crippen molar-refractivity contribution >= 4 is 28.4 Å². The van der Waals surface area contributed by atoms with Gasteiger partial charge in [0.1, 0.15) is 5.82 Å². The van der Waals surface area contributed by atoms with E-state index in [0.717, 1.165) is 5.06 Å². The Labute approximate surface area is 226 Å². The summed E-state index contributed by atoms with van der Waals surface area (Å²) in [4.78, 5) is 33.6. The second-order valence-corrected chi connectivity index (χ2v) is 8.85. The lowest BCUT2D eigenvalue weighted by atomic mass is 9.91. The molecule has 0 spiro atoms. The summed E-state index contributed by atoms with van der Waals surface area (Å²) in [7, 11) is 0. The minimum atomic E-state index is -1.46. The highest BCUT2D eigenvalue weighted by atomic mass is 19.1. The van der Waals surface area contributed by atoms with Gasteiger partial charge in [0.15, 0.2) is 5.60 Å². The van der Waals surface area contributed by atoms with Crippen molar-refractivity contribution in [1.82, 2.24) is 0 Å². The predicted octanol–water partition coefficient (Wildman–Crippen LogP) is 5.55. The number of anilines is 3. The minimum Gasteiger partial charge on any atom is -0.286 e. The molecular formula is C27H22FN5O7. The number of benzene rings is 4. The molecule has 4 aromatic carbocycles. The van der Waals surface area contributed by atoms with Crippen LogP contribution in [0.2, 0.25) is 0 Å². The van der Waals surface area contributed by atoms with Crippen molar-refractivity contribution in [2.75, 3.05) is 22.2 Å². The van der Waals surface area contributed by atoms with Gasteiger partial charge in [-0.1, -0.05) is 30.3 Å². The molecule has 12 nitrogen and oxygen atoms in total. The Morgan fingerprint density at radius 1 is 0.900 bits per heavy atom. The molecule has 204 valence electrons. The van der Waals surface area contributed by atoms with Crippen molar-refractivity contribution in [2.45, 2.75) is 11.8 Å². The third-order valence-corrected chi connectivity index (χ3v) is 6.36. The maximum atomic E-state index is 13.6. The van der Waals surface area contributed by atoms with Crippen LogP contribution >= 0.6 is 0 Å². The van der Waals surface area contributed by atoms with Crippen molar-refractivity contribution in [3.63, 3.8) is 0 Å². The normalized spacial score (nSPS) is 18.4. The van der Waals surface area contributed by atoms with Crippen molar-refractivity contribution in [3.05, 3.63) is 135 Å². The molecule has 0 aromatic heterocycles. The second kappa shape index (κ2) is 10.9. The van der Waals surface area contributed by atoms with Crippen LogP contribution in [0.4, 0.5) is 32.8 Å². The highest BCUT2D eigenvalue weighted by Crippen LogP contribution is 2.43. The van der Waals surface area contributed by atoms with E-state index >= 15 is 0 Å². The molecule has 0 radical (unpaired) electrons. The van der Waals surface area contributed by atoms with E-state index in [4.69, 9.17) is 9.68 Å². The molecule has 0 amide bonds. The van der Waals surface area contributed by atoms with Gasteiger partial charge in [-0.3, -0.25) is 35.8 Å². The first-order chi connectivity index (χ1) is 19.3. The number of hydrogen-bond acceptors (Lipinski definition) is 10. The quantitative estimate of drug-likeness (QED) is 0.202. The Morgan fingerprint density at radius 3 is 2.05 bits per heavy atom. The van der Waals surface area contributed by atoms with Crippen LogP contribution in [-0.2, 0) is 15.3 Å². The van der Waals surface area contributed by atoms with Gasteiger partial charge in [-0.05, 0) is 54.1 Å². The minimum absolute atomic E-state index is 0.0161. The molecule has 1 aliphatic heterocycles. The van der Waals surface area contributed by atoms with Crippen LogP contribution in [0.3, 0.4) is 0 Å². The molecule has 1 fully saturated rings. The third-order valence-electron chi connectivity index (χ3n) is 6.36. The molecule has 2 atom stereocenters. The summed E-state index contributed by atoms with van der Waals surface area (Å²) in [5, 5.41) is 35.8. The number of halogens is 1. The van der Waals surface area contributed by atoms with Crippen LogP contribution in [0.15, 0.2) is 103 Å². The zero-order valence-corrected chi connectivity index (χ0v) is 20.7. The van der Waals surface area contributed by atoms with E-state index < -0.39 is 27.5 Å². The third kappa shape index (κ3) is 5.24. The lowest BCUT2D eigenvalue weighted by Crippen LogP contribution is -2.51. The van der Waals surface area contributed by atoms with Gasteiger partial charge in [0.2, 0.25) is 6.23 Å². The maximum Gasteiger partial charge on any atom is 0.269 e. The van der Waals surface area contributed by atoms with Gasteiger partial charge in [-0.25, -0.2) is 19.4 Å². The Bertz CT molecular complexity index is 1490. The molecule has 4 aromatic rings. The first-order valence-corrected chi connectivity index (χ1v) is 11.9. The fraction of sp³-hybridized carbons (Fsp3) is 0.111. The highest BCUT2D eigenvalue weighted by Gasteiger charge is 2.55. The molecule has 0 bridgehead atoms. The van der Waals surface area contributed by atoms with Crippen LogP contribution in [0, 0.1) is 26.0 Å². The standard InChI is InChI=1S/C27H22FN5O7/c28-20-6-10-23(11-7-20)31(34)26-27(19-4-2-1-3-5-19,40-29-21-8-12-24(13-9-21)32(35)36)18-30(39-26)22-14-16-25(17-15-22)33(37)38/h1-17,26,29,34H,18H2/t26-,27+/m0/s1. The molecule has 1 saturated heterocycles. The first-order valence-electron chi connectivity index (χ1n) is 11.9. The molecule has 13 heteroatoms. The number of nitrogens with one attached hydrogen (secondary N) is 1. The molecule has 0 unspecified atom stereocenters. The Hall–Kier alpha value is -5.11. The number of hydrogen-bond donors (Lipinski definition) is 2. The summed E-state index contributed by atoms with van der Waals surface area (Å²) in [6, 6.07) is 25.2. The first kappa shape index (κ1) is 26.5. The summed E-state index contributed by atoms with van der Waals surface area (Å²) in [6.07, 6.45) is -1.26. The van der Waals surface area contributed by atoms with E-state index in [1.165, 1.54) is 77.9 Å². The van der Waals surface area contributed by atoms with Crippen LogP contribution in [0.1, 0.15) is 5.56 Å². The monoisotopic (exact) mass is 547 g/mol. The summed E-state index contributed by atoms with van der Waals surface area (Å²) in [6.45, 7) is -0.0161. The van der Waals surface area contributed by atoms with Crippen LogP contribution in [0.5, 0.6) is 0 Å². The molecule has 5 rings (SSSR count). The lowest BCUT2D eigenvalue weighted by molar-refractivity contribution is -0.385. The van der Waals surface area contributed by atoms with Gasteiger partial charge in [0.25, 0.3) is 11.4 Å². The van der Waals surface area contributed by atoms with Gasteiger partial charge in [-0.2, -0.15) is 0 Å². The van der Waals surface area contributed by atoms with Crippen molar-refractivity contribution in [2.24, 2.45) is 0 Å². The summed E-state index contributed by atoms with van der Waals surface area (Å²) >= 11 is 0. The molecule has 2 N–H and O–H groups in total. The molecule has 40 heavy (non-hydrogen) atoms. The fourth-order valence-electron chi connectivity index (χ4n) is 4.30. The molecular weight excluding hydrogens is 525 g/mol. The van der Waals surface area contributed by atoms with Crippen LogP contribution < -0.4 is 15.6 Å². The number of hydroxylamine groups is 2. The predicted molar refractivity (Wildman–Crippen MR) is 142 cm³/mol. The average Bonchev–Trinajstić information content (AvgIpc) is 3.37. The van der Waals surface area contributed by atoms with E-state index in [9.17, 15) is 29.8 Å². The van der Waals surface area contributed by atoms with Gasteiger partial charge < -0.3 is 0 Å². The number of nitro groups is 2. The van der Waals surface area contributed by atoms with E-state index in [1.807, 2.05) is 0 Å². The molecule has 0 saturated carbocycles. The van der Waals surface area contributed by atoms with Crippen LogP contribution in [-0.4, -0.2) is 27.8 Å². The Morgan fingerprint density at radius 2 is 1.48 bits per heavy atom. The van der Waals surface area contributed by atoms with Gasteiger partial charge in [-0.15, -0.1) is 0 Å². The Kier molecular flexibility index (Phi) is 7.25. The molecule has 0 aliphatic carbocycles. The number of nitro benzene ring substituents is 2. The molecule has 1 heterocycles. The van der Waals surface area contributed by atoms with Gasteiger partial charge in [0, 0.05) is 24.3 Å². The topological polar surface area (TPSA) is 143 Å². The van der Waals surface area contributed by atoms with E-state index in [1.54, 1.807) is 30.3 Å². The van der Waals surface area contributed by atoms with E-state index in [2.05, 4.69) is 5.48 Å². The van der Waals surface area contributed by atoms with Crippen molar-refractivity contribution < 1.29 is 29.1 Å². The Balaban J connectivity index is 1.55.